The van der Waals surface area contributed by atoms with Crippen molar-refractivity contribution in [2.24, 2.45) is 0 Å². The summed E-state index contributed by atoms with van der Waals surface area (Å²) in [6.45, 7) is 3.27. The molecule has 81 valence electrons. The van der Waals surface area contributed by atoms with Crippen molar-refractivity contribution in [3.63, 3.8) is 0 Å². The zero-order valence-corrected chi connectivity index (χ0v) is 10.7. The molecular weight excluding hydrogens is 264 g/mol. The number of halogens is 4. The second-order valence-electron chi connectivity index (χ2n) is 3.13. The predicted octanol–water partition coefficient (Wildman–Crippen LogP) is 1.78. The van der Waals surface area contributed by atoms with Crippen LogP contribution in [0.3, 0.4) is 0 Å². The van der Waals surface area contributed by atoms with Crippen LogP contribution in [0.5, 0.6) is 5.75 Å². The zero-order chi connectivity index (χ0) is 11.7. The van der Waals surface area contributed by atoms with Crippen LogP contribution in [-0.2, 0) is 20.4 Å². The fourth-order valence-corrected chi connectivity index (χ4v) is 1.97. The molecule has 0 bridgehead atoms. The van der Waals surface area contributed by atoms with Gasteiger partial charge in [0.15, 0.2) is 0 Å². The Hall–Kier alpha value is -0.329. The van der Waals surface area contributed by atoms with Crippen LogP contribution in [0, 0.1) is 23.3 Å². The van der Waals surface area contributed by atoms with Gasteiger partial charge in [-0.1, -0.05) is 0 Å². The summed E-state index contributed by atoms with van der Waals surface area (Å²) >= 11 is 0.966. The standard InChI is InChI=1S/C8H7F4OSi.Ti/c1-14(2)13-8-6(11)4(9)3-5(10)7(8)12;/h14H,1-2H3;. The molecule has 0 aliphatic rings. The molecule has 0 aliphatic carbocycles. The molecule has 0 unspecified atom stereocenters. The van der Waals surface area contributed by atoms with Crippen molar-refractivity contribution in [2.45, 2.75) is 13.1 Å². The molecule has 1 rings (SSSR count). The van der Waals surface area contributed by atoms with Gasteiger partial charge in [-0.05, 0) is 0 Å². The number of hydrogen-bond acceptors (Lipinski definition) is 1. The molecule has 0 radical (unpaired) electrons. The predicted molar refractivity (Wildman–Crippen MR) is 45.4 cm³/mol. The van der Waals surface area contributed by atoms with Gasteiger partial charge in [0.1, 0.15) is 0 Å². The third-order valence-corrected chi connectivity index (χ3v) is 2.97. The van der Waals surface area contributed by atoms with Crippen molar-refractivity contribution in [3.8, 4) is 5.75 Å². The maximum absolute atomic E-state index is 13.2. The third-order valence-electron chi connectivity index (χ3n) is 1.58. The summed E-state index contributed by atoms with van der Waals surface area (Å²) in [6.07, 6.45) is 0. The van der Waals surface area contributed by atoms with Gasteiger partial charge in [0.2, 0.25) is 0 Å². The van der Waals surface area contributed by atoms with E-state index in [2.05, 4.69) is 0 Å². The Morgan fingerprint density at radius 2 is 1.33 bits per heavy atom. The van der Waals surface area contributed by atoms with E-state index in [-0.39, 0.29) is 0 Å². The Balaban J connectivity index is 3.39. The van der Waals surface area contributed by atoms with E-state index in [1.165, 1.54) is 0 Å². The molecule has 7 heteroatoms. The van der Waals surface area contributed by atoms with E-state index in [0.29, 0.717) is 0 Å². The van der Waals surface area contributed by atoms with Crippen molar-refractivity contribution < 1.29 is 42.4 Å². The summed E-state index contributed by atoms with van der Waals surface area (Å²) in [5.41, 5.74) is 0. The van der Waals surface area contributed by atoms with E-state index in [0.717, 1.165) is 20.4 Å². The summed E-state index contributed by atoms with van der Waals surface area (Å²) in [5.74, 6) is -6.69. The van der Waals surface area contributed by atoms with E-state index in [4.69, 9.17) is 4.43 Å². The molecule has 0 atom stereocenters. The minimum absolute atomic E-state index is 0.678. The molecule has 0 aliphatic heterocycles. The molecule has 1 nitrogen and oxygen atoms in total. The van der Waals surface area contributed by atoms with E-state index >= 15 is 0 Å². The van der Waals surface area contributed by atoms with Gasteiger partial charge < -0.3 is 0 Å². The summed E-state index contributed by atoms with van der Waals surface area (Å²) in [4.78, 5) is 0. The van der Waals surface area contributed by atoms with Crippen LogP contribution in [0.25, 0.3) is 0 Å². The molecule has 0 fully saturated rings. The Bertz CT molecular complexity index is 368. The average Bonchev–Trinajstić information content (AvgIpc) is 2.18. The topological polar surface area (TPSA) is 9.23 Å². The molecule has 1 aromatic carbocycles. The van der Waals surface area contributed by atoms with Crippen LogP contribution >= 0.6 is 0 Å². The molecule has 0 spiro atoms. The molecule has 0 amide bonds. The molecule has 0 saturated carbocycles. The average molecular weight is 271 g/mol. The monoisotopic (exact) mass is 271 g/mol. The van der Waals surface area contributed by atoms with Gasteiger partial charge in [0.25, 0.3) is 0 Å². The quantitative estimate of drug-likeness (QED) is 0.452. The van der Waals surface area contributed by atoms with Crippen molar-refractivity contribution in [1.82, 2.24) is 0 Å². The number of benzene rings is 1. The Labute approximate surface area is 97.6 Å². The maximum atomic E-state index is 13.2. The third kappa shape index (κ3) is 2.43. The minimum atomic E-state index is -1.82. The second-order valence-corrected chi connectivity index (χ2v) is 6.24. The van der Waals surface area contributed by atoms with E-state index in [1.807, 2.05) is 0 Å². The first-order chi connectivity index (χ1) is 6.86. The van der Waals surface area contributed by atoms with Crippen molar-refractivity contribution in [3.05, 3.63) is 23.3 Å². The first kappa shape index (κ1) is 12.7. The summed E-state index contributed by atoms with van der Waals surface area (Å²) in [7, 11) is -1.82. The Morgan fingerprint density at radius 3 is 1.67 bits per heavy atom. The van der Waals surface area contributed by atoms with Gasteiger partial charge in [-0.2, -0.15) is 0 Å². The first-order valence-electron chi connectivity index (χ1n) is 4.10. The molecule has 0 saturated heterocycles. The van der Waals surface area contributed by atoms with Crippen LogP contribution in [-0.4, -0.2) is 9.04 Å². The Kier molecular flexibility index (Phi) is 3.97. The van der Waals surface area contributed by atoms with Gasteiger partial charge >= 0.3 is 97.4 Å². The first-order valence-corrected chi connectivity index (χ1v) is 7.66. The van der Waals surface area contributed by atoms with Gasteiger partial charge in [-0.25, -0.2) is 0 Å². The van der Waals surface area contributed by atoms with Crippen LogP contribution in [0.1, 0.15) is 0 Å². The van der Waals surface area contributed by atoms with Gasteiger partial charge in [-0.15, -0.1) is 0 Å². The summed E-state index contributed by atoms with van der Waals surface area (Å²) in [6, 6.07) is 0. The van der Waals surface area contributed by atoms with Crippen molar-refractivity contribution >= 4 is 12.9 Å². The molecule has 15 heavy (non-hydrogen) atoms. The van der Waals surface area contributed by atoms with Crippen LogP contribution in [0.4, 0.5) is 17.6 Å². The summed E-state index contributed by atoms with van der Waals surface area (Å²) in [5, 5.41) is 0. The number of hydrogen-bond donors (Lipinski definition) is 0. The van der Waals surface area contributed by atoms with Gasteiger partial charge in [0.05, 0.1) is 0 Å². The molecule has 0 aromatic heterocycles. The molecule has 0 heterocycles. The van der Waals surface area contributed by atoms with E-state index in [1.54, 1.807) is 13.1 Å². The molecule has 0 N–H and O–H groups in total. The van der Waals surface area contributed by atoms with E-state index in [9.17, 15) is 17.6 Å². The van der Waals surface area contributed by atoms with Crippen LogP contribution in [0.2, 0.25) is 13.1 Å². The number of rotatable bonds is 2. The molecular formula is C8H7F4OSiTi. The Morgan fingerprint density at radius 1 is 0.933 bits per heavy atom. The van der Waals surface area contributed by atoms with E-state index < -0.39 is 41.9 Å². The van der Waals surface area contributed by atoms with Gasteiger partial charge in [-0.3, -0.25) is 0 Å². The van der Waals surface area contributed by atoms with Crippen molar-refractivity contribution in [1.29, 1.82) is 0 Å². The van der Waals surface area contributed by atoms with Crippen LogP contribution in [0.15, 0.2) is 0 Å². The van der Waals surface area contributed by atoms with Crippen molar-refractivity contribution in [2.75, 3.05) is 0 Å². The van der Waals surface area contributed by atoms with Gasteiger partial charge in [0, 0.05) is 0 Å². The summed E-state index contributed by atoms with van der Waals surface area (Å²) < 4.78 is 56.6. The molecule has 1 aromatic rings. The second kappa shape index (κ2) is 4.67. The fraction of sp³-hybridized carbons (Fsp3) is 0.250. The zero-order valence-electron chi connectivity index (χ0n) is 8.00. The SMILES string of the molecule is C[SiH](C)Oc1c(F)c(F)[c]([Ti])c(F)c1F. The fourth-order valence-electron chi connectivity index (χ4n) is 0.951. The van der Waals surface area contributed by atoms with Crippen LogP contribution < -0.4 is 8.29 Å². The normalized spacial score (nSPS) is 10.8.